The van der Waals surface area contributed by atoms with Gasteiger partial charge in [-0.2, -0.15) is 13.2 Å². The predicted molar refractivity (Wildman–Crippen MR) is 149 cm³/mol. The number of carbonyl (C=O) groups excluding carboxylic acids is 1. The molecule has 2 aromatic heterocycles. The second-order valence-corrected chi connectivity index (χ2v) is 9.15. The van der Waals surface area contributed by atoms with Crippen molar-refractivity contribution in [1.29, 1.82) is 0 Å². The molecule has 1 fully saturated rings. The highest BCUT2D eigenvalue weighted by Gasteiger charge is 2.32. The average molecular weight is 565 g/mol. The first-order chi connectivity index (χ1) is 19.8. The van der Waals surface area contributed by atoms with E-state index in [9.17, 15) is 18.0 Å². The highest BCUT2D eigenvalue weighted by atomic mass is 19.4. The molecule has 1 saturated heterocycles. The molecule has 0 radical (unpaired) electrons. The van der Waals surface area contributed by atoms with Gasteiger partial charge in [-0.25, -0.2) is 19.9 Å². The van der Waals surface area contributed by atoms with Gasteiger partial charge in [-0.1, -0.05) is 6.07 Å². The smallest absolute Gasteiger partial charge is 0.378 e. The Morgan fingerprint density at radius 3 is 2.49 bits per heavy atom. The monoisotopic (exact) mass is 564 g/mol. The standard InChI is InChI=1S/C28H27F3N8O2/c1-18-20(27(40)37-21-14-19(28(29,30)31)6-7-23(21)38-10-12-41-13-11-38)4-3-5-22(18)39(25-8-9-33-16-35-25)26-15-24(32-2)34-17-36-26/h3-9,14-17H,10-13H2,1-2H3,(H,37,40)(H,32,34,36). The van der Waals surface area contributed by atoms with E-state index in [1.165, 1.54) is 18.7 Å². The van der Waals surface area contributed by atoms with Crippen LogP contribution in [-0.2, 0) is 10.9 Å². The summed E-state index contributed by atoms with van der Waals surface area (Å²) in [6.07, 6.45) is -0.180. The van der Waals surface area contributed by atoms with E-state index in [4.69, 9.17) is 4.74 Å². The van der Waals surface area contributed by atoms with Gasteiger partial charge in [0.2, 0.25) is 0 Å². The molecule has 0 spiro atoms. The molecule has 5 rings (SSSR count). The zero-order chi connectivity index (χ0) is 29.0. The van der Waals surface area contributed by atoms with E-state index < -0.39 is 17.6 Å². The third-order valence-electron chi connectivity index (χ3n) is 6.65. The number of hydrogen-bond acceptors (Lipinski definition) is 9. The summed E-state index contributed by atoms with van der Waals surface area (Å²) < 4.78 is 46.2. The van der Waals surface area contributed by atoms with Gasteiger partial charge in [-0.3, -0.25) is 9.69 Å². The normalized spacial score (nSPS) is 13.5. The van der Waals surface area contributed by atoms with Crippen LogP contribution in [-0.4, -0.2) is 59.2 Å². The van der Waals surface area contributed by atoms with Gasteiger partial charge in [0.15, 0.2) is 0 Å². The van der Waals surface area contributed by atoms with Crippen molar-refractivity contribution in [2.45, 2.75) is 13.1 Å². The SMILES string of the molecule is CNc1cc(N(c2ccncn2)c2cccc(C(=O)Nc3cc(C(F)(F)F)ccc3N3CCOCC3)c2C)ncn1. The summed E-state index contributed by atoms with van der Waals surface area (Å²) in [6, 6.07) is 11.9. The number of ether oxygens (including phenoxy) is 1. The highest BCUT2D eigenvalue weighted by molar-refractivity contribution is 6.08. The van der Waals surface area contributed by atoms with Crippen LogP contribution in [0.15, 0.2) is 67.4 Å². The molecular formula is C28H27F3N8O2. The molecule has 1 aliphatic rings. The molecule has 212 valence electrons. The summed E-state index contributed by atoms with van der Waals surface area (Å²) >= 11 is 0. The second kappa shape index (κ2) is 11.8. The summed E-state index contributed by atoms with van der Waals surface area (Å²) in [5, 5.41) is 5.72. The Balaban J connectivity index is 1.55. The number of rotatable bonds is 7. The molecule has 0 bridgehead atoms. The van der Waals surface area contributed by atoms with E-state index in [-0.39, 0.29) is 11.3 Å². The number of halogens is 3. The van der Waals surface area contributed by atoms with Crippen LogP contribution in [0.5, 0.6) is 0 Å². The van der Waals surface area contributed by atoms with Crippen molar-refractivity contribution in [2.75, 3.05) is 53.8 Å². The molecule has 0 saturated carbocycles. The third-order valence-corrected chi connectivity index (χ3v) is 6.65. The zero-order valence-electron chi connectivity index (χ0n) is 22.3. The van der Waals surface area contributed by atoms with E-state index in [0.29, 0.717) is 60.7 Å². The molecule has 3 heterocycles. The average Bonchev–Trinajstić information content (AvgIpc) is 2.99. The predicted octanol–water partition coefficient (Wildman–Crippen LogP) is 5.19. The molecule has 1 amide bonds. The van der Waals surface area contributed by atoms with Gasteiger partial charge in [-0.05, 0) is 48.9 Å². The summed E-state index contributed by atoms with van der Waals surface area (Å²) in [5.74, 6) is 0.991. The van der Waals surface area contributed by atoms with Crippen LogP contribution < -0.4 is 20.4 Å². The van der Waals surface area contributed by atoms with Crippen molar-refractivity contribution in [3.63, 3.8) is 0 Å². The Hall–Kier alpha value is -4.78. The first-order valence-electron chi connectivity index (χ1n) is 12.8. The van der Waals surface area contributed by atoms with Gasteiger partial charge in [0.05, 0.1) is 35.8 Å². The maximum Gasteiger partial charge on any atom is 0.416 e. The molecule has 10 nitrogen and oxygen atoms in total. The van der Waals surface area contributed by atoms with Crippen LogP contribution in [0.4, 0.5) is 47.7 Å². The fourth-order valence-electron chi connectivity index (χ4n) is 4.58. The second-order valence-electron chi connectivity index (χ2n) is 9.15. The first kappa shape index (κ1) is 27.8. The van der Waals surface area contributed by atoms with E-state index in [1.807, 2.05) is 4.90 Å². The van der Waals surface area contributed by atoms with E-state index in [2.05, 4.69) is 30.6 Å². The van der Waals surface area contributed by atoms with Gasteiger partial charge in [0.1, 0.15) is 30.1 Å². The molecule has 0 atom stereocenters. The van der Waals surface area contributed by atoms with Crippen molar-refractivity contribution in [3.8, 4) is 0 Å². The molecule has 41 heavy (non-hydrogen) atoms. The molecule has 1 aliphatic heterocycles. The van der Waals surface area contributed by atoms with Gasteiger partial charge in [0.25, 0.3) is 5.91 Å². The minimum absolute atomic E-state index is 0.0682. The fourth-order valence-corrected chi connectivity index (χ4v) is 4.58. The molecule has 4 aromatic rings. The number of amides is 1. The summed E-state index contributed by atoms with van der Waals surface area (Å²) in [7, 11) is 1.73. The Morgan fingerprint density at radius 1 is 1.00 bits per heavy atom. The molecule has 13 heteroatoms. The van der Waals surface area contributed by atoms with Crippen molar-refractivity contribution in [3.05, 3.63) is 84.1 Å². The van der Waals surface area contributed by atoms with Crippen LogP contribution in [0, 0.1) is 6.92 Å². The maximum atomic E-state index is 13.7. The van der Waals surface area contributed by atoms with E-state index >= 15 is 0 Å². The number of aromatic nitrogens is 4. The number of hydrogen-bond donors (Lipinski definition) is 2. The lowest BCUT2D eigenvalue weighted by atomic mass is 10.0. The molecule has 2 N–H and O–H groups in total. The van der Waals surface area contributed by atoms with Gasteiger partial charge < -0.3 is 20.3 Å². The largest absolute Gasteiger partial charge is 0.416 e. The minimum Gasteiger partial charge on any atom is -0.378 e. The maximum absolute atomic E-state index is 13.7. The number of benzene rings is 2. The van der Waals surface area contributed by atoms with Gasteiger partial charge in [0, 0.05) is 38.0 Å². The minimum atomic E-state index is -4.57. The Labute approximate surface area is 234 Å². The zero-order valence-corrected chi connectivity index (χ0v) is 22.3. The van der Waals surface area contributed by atoms with E-state index in [1.54, 1.807) is 55.4 Å². The highest BCUT2D eigenvalue weighted by Crippen LogP contribution is 2.38. The Bertz CT molecular complexity index is 1530. The topological polar surface area (TPSA) is 108 Å². The van der Waals surface area contributed by atoms with Gasteiger partial charge >= 0.3 is 6.18 Å². The number of carbonyl (C=O) groups is 1. The van der Waals surface area contributed by atoms with Crippen LogP contribution in [0.2, 0.25) is 0 Å². The van der Waals surface area contributed by atoms with Crippen LogP contribution in [0.1, 0.15) is 21.5 Å². The van der Waals surface area contributed by atoms with Crippen LogP contribution in [0.25, 0.3) is 0 Å². The number of morpholine rings is 1. The van der Waals surface area contributed by atoms with Crippen LogP contribution >= 0.6 is 0 Å². The number of nitrogens with one attached hydrogen (secondary N) is 2. The fraction of sp³-hybridized carbons (Fsp3) is 0.250. The number of nitrogens with zero attached hydrogens (tertiary/aromatic N) is 6. The molecule has 0 aliphatic carbocycles. The quantitative estimate of drug-likeness (QED) is 0.313. The molecule has 2 aromatic carbocycles. The number of alkyl halides is 3. The Kier molecular flexibility index (Phi) is 7.97. The summed E-state index contributed by atoms with van der Waals surface area (Å²) in [6.45, 7) is 3.61. The summed E-state index contributed by atoms with van der Waals surface area (Å²) in [5.41, 5.74) is 1.14. The Morgan fingerprint density at radius 2 is 1.78 bits per heavy atom. The van der Waals surface area contributed by atoms with Crippen molar-refractivity contribution >= 4 is 40.4 Å². The number of anilines is 6. The van der Waals surface area contributed by atoms with Crippen molar-refractivity contribution in [2.24, 2.45) is 0 Å². The van der Waals surface area contributed by atoms with Gasteiger partial charge in [-0.15, -0.1) is 0 Å². The van der Waals surface area contributed by atoms with Crippen molar-refractivity contribution < 1.29 is 22.7 Å². The lowest BCUT2D eigenvalue weighted by Gasteiger charge is -2.31. The van der Waals surface area contributed by atoms with Crippen molar-refractivity contribution in [1.82, 2.24) is 19.9 Å². The lowest BCUT2D eigenvalue weighted by Crippen LogP contribution is -2.37. The molecule has 0 unspecified atom stereocenters. The van der Waals surface area contributed by atoms with Crippen LogP contribution in [0.3, 0.4) is 0 Å². The summed E-state index contributed by atoms with van der Waals surface area (Å²) in [4.78, 5) is 34.3. The third kappa shape index (κ3) is 6.04. The first-order valence-corrected chi connectivity index (χ1v) is 12.8. The molecular weight excluding hydrogens is 537 g/mol. The van der Waals surface area contributed by atoms with E-state index in [0.717, 1.165) is 12.1 Å². The lowest BCUT2D eigenvalue weighted by molar-refractivity contribution is -0.137.